The minimum atomic E-state index is -1.15. The number of carbonyl (C=O) groups is 1. The topological polar surface area (TPSA) is 136 Å². The number of amides is 1. The lowest BCUT2D eigenvalue weighted by atomic mass is 9.82. The van der Waals surface area contributed by atoms with Crippen molar-refractivity contribution >= 4 is 18.7 Å². The highest BCUT2D eigenvalue weighted by atomic mass is 16.7. The lowest BCUT2D eigenvalue weighted by molar-refractivity contribution is 0.00578. The van der Waals surface area contributed by atoms with Crippen LogP contribution in [0.4, 0.5) is 4.79 Å². The van der Waals surface area contributed by atoms with Crippen LogP contribution in [-0.4, -0.2) is 51.9 Å². The van der Waals surface area contributed by atoms with Crippen molar-refractivity contribution in [3.63, 3.8) is 0 Å². The largest absolute Gasteiger partial charge is 0.498 e. The molecule has 0 spiro atoms. The van der Waals surface area contributed by atoms with Crippen LogP contribution in [0.25, 0.3) is 0 Å². The minimum absolute atomic E-state index is 0.0450. The summed E-state index contributed by atoms with van der Waals surface area (Å²) >= 11 is 0. The zero-order valence-corrected chi connectivity index (χ0v) is 14.2. The molecule has 1 aromatic heterocycles. The third-order valence-corrected chi connectivity index (χ3v) is 4.29. The summed E-state index contributed by atoms with van der Waals surface area (Å²) in [7, 11) is -0.517. The molecular formula is C13H22BN6O4+. The van der Waals surface area contributed by atoms with Gasteiger partial charge in [-0.1, -0.05) is 0 Å². The standard InChI is InChI=1S/C13H21BN6O4/c1-12(2)13(3,4)24-14(23-12)9-5-17-20(7-9)8-10(18-19-15)6-16-11(21)22/h5,7,10,15-16H,6,8H2,1-4H3/p+1. The van der Waals surface area contributed by atoms with Gasteiger partial charge in [-0.05, 0) is 27.7 Å². The van der Waals surface area contributed by atoms with Gasteiger partial charge >= 0.3 is 13.2 Å². The van der Waals surface area contributed by atoms with Gasteiger partial charge in [-0.25, -0.2) is 4.79 Å². The molecule has 1 fully saturated rings. The second-order valence-electron chi connectivity index (χ2n) is 6.64. The molecule has 130 valence electrons. The first-order valence-electron chi connectivity index (χ1n) is 7.56. The summed E-state index contributed by atoms with van der Waals surface area (Å²) in [5, 5.41) is 18.8. The number of nitrogens with zero attached hydrogens (tertiary/aromatic N) is 4. The van der Waals surface area contributed by atoms with Crippen LogP contribution in [0, 0.1) is 5.53 Å². The predicted molar refractivity (Wildman–Crippen MR) is 85.0 cm³/mol. The van der Waals surface area contributed by atoms with Crippen LogP contribution in [0.3, 0.4) is 0 Å². The monoisotopic (exact) mass is 337 g/mol. The molecule has 1 aliphatic rings. The van der Waals surface area contributed by atoms with Crippen molar-refractivity contribution in [1.29, 1.82) is 5.53 Å². The number of hydrogen-bond acceptors (Lipinski definition) is 6. The average molecular weight is 337 g/mol. The molecule has 1 aliphatic heterocycles. The van der Waals surface area contributed by atoms with E-state index in [1.54, 1.807) is 17.1 Å². The van der Waals surface area contributed by atoms with Crippen LogP contribution < -0.4 is 15.7 Å². The van der Waals surface area contributed by atoms with E-state index in [1.165, 1.54) is 0 Å². The zero-order chi connectivity index (χ0) is 18.0. The van der Waals surface area contributed by atoms with E-state index in [0.717, 1.165) is 5.46 Å². The zero-order valence-electron chi connectivity index (χ0n) is 14.2. The van der Waals surface area contributed by atoms with E-state index in [9.17, 15) is 4.79 Å². The lowest BCUT2D eigenvalue weighted by Gasteiger charge is -2.32. The molecule has 10 nitrogen and oxygen atoms in total. The van der Waals surface area contributed by atoms with E-state index in [0.29, 0.717) is 0 Å². The highest BCUT2D eigenvalue weighted by Crippen LogP contribution is 2.36. The van der Waals surface area contributed by atoms with Crippen LogP contribution in [0.5, 0.6) is 0 Å². The fourth-order valence-electron chi connectivity index (χ4n) is 2.22. The summed E-state index contributed by atoms with van der Waals surface area (Å²) in [6.45, 7) is 8.21. The van der Waals surface area contributed by atoms with Gasteiger partial charge in [0.15, 0.2) is 6.04 Å². The van der Waals surface area contributed by atoms with Crippen molar-refractivity contribution in [2.45, 2.75) is 51.5 Å². The third-order valence-electron chi connectivity index (χ3n) is 4.29. The maximum absolute atomic E-state index is 10.6. The molecule has 1 saturated heterocycles. The maximum atomic E-state index is 10.6. The van der Waals surface area contributed by atoms with Crippen LogP contribution in [0.2, 0.25) is 0 Å². The predicted octanol–water partition coefficient (Wildman–Crippen LogP) is 0.369. The Morgan fingerprint density at radius 2 is 2.12 bits per heavy atom. The van der Waals surface area contributed by atoms with Crippen molar-refractivity contribution in [2.24, 2.45) is 5.11 Å². The van der Waals surface area contributed by atoms with Crippen LogP contribution in [0.1, 0.15) is 27.7 Å². The first kappa shape index (κ1) is 18.1. The van der Waals surface area contributed by atoms with Crippen molar-refractivity contribution in [3.8, 4) is 0 Å². The van der Waals surface area contributed by atoms with Gasteiger partial charge in [-0.15, -0.1) is 0 Å². The summed E-state index contributed by atoms with van der Waals surface area (Å²) in [4.78, 5) is 13.6. The van der Waals surface area contributed by atoms with Crippen molar-refractivity contribution in [1.82, 2.24) is 20.0 Å². The smallest absolute Gasteiger partial charge is 0.465 e. The van der Waals surface area contributed by atoms with E-state index >= 15 is 0 Å². The molecule has 0 saturated carbocycles. The number of rotatable bonds is 6. The Kier molecular flexibility index (Phi) is 5.07. The molecule has 1 atom stereocenters. The van der Waals surface area contributed by atoms with Crippen LogP contribution >= 0.6 is 0 Å². The summed E-state index contributed by atoms with van der Waals surface area (Å²) in [6.07, 6.45) is 2.25. The van der Waals surface area contributed by atoms with E-state index in [-0.39, 0.29) is 13.1 Å². The molecular weight excluding hydrogens is 315 g/mol. The van der Waals surface area contributed by atoms with E-state index < -0.39 is 30.5 Å². The number of aromatic nitrogens is 2. The normalized spacial score (nSPS) is 19.6. The summed E-state index contributed by atoms with van der Waals surface area (Å²) in [6, 6.07) is -0.523. The van der Waals surface area contributed by atoms with Gasteiger partial charge in [0.1, 0.15) is 10.6 Å². The Labute approximate surface area is 139 Å². The van der Waals surface area contributed by atoms with Crippen LogP contribution in [-0.2, 0) is 15.9 Å². The molecule has 24 heavy (non-hydrogen) atoms. The number of nitrogens with one attached hydrogen (secondary N) is 2. The Balaban J connectivity index is 2.05. The Morgan fingerprint density at radius 3 is 2.67 bits per heavy atom. The van der Waals surface area contributed by atoms with Crippen molar-refractivity contribution < 1.29 is 19.2 Å². The lowest BCUT2D eigenvalue weighted by Crippen LogP contribution is -2.41. The molecule has 11 heteroatoms. The van der Waals surface area contributed by atoms with E-state index in [4.69, 9.17) is 19.9 Å². The van der Waals surface area contributed by atoms with Gasteiger partial charge in [0.2, 0.25) is 4.91 Å². The second-order valence-corrected chi connectivity index (χ2v) is 6.64. The average Bonchev–Trinajstić information content (AvgIpc) is 2.99. The summed E-state index contributed by atoms with van der Waals surface area (Å²) < 4.78 is 13.5. The first-order chi connectivity index (χ1) is 11.1. The van der Waals surface area contributed by atoms with Gasteiger partial charge in [0.25, 0.3) is 0 Å². The molecule has 1 amide bonds. The highest BCUT2D eigenvalue weighted by molar-refractivity contribution is 6.61. The van der Waals surface area contributed by atoms with Gasteiger partial charge in [0.05, 0.1) is 24.3 Å². The molecule has 0 aromatic carbocycles. The molecule has 3 N–H and O–H groups in total. The van der Waals surface area contributed by atoms with Crippen molar-refractivity contribution in [2.75, 3.05) is 6.54 Å². The number of hydrogen-bond donors (Lipinski definition) is 3. The Bertz CT molecular complexity index is 639. The van der Waals surface area contributed by atoms with Crippen LogP contribution in [0.15, 0.2) is 17.5 Å². The SMILES string of the molecule is CC1(C)OB(c2cnn(CC(CNC(=O)O)N=[N+]=N)c2)OC1(C)C. The Morgan fingerprint density at radius 1 is 1.50 bits per heavy atom. The second kappa shape index (κ2) is 6.72. The number of carboxylic acid groups (broad SMARTS) is 1. The van der Waals surface area contributed by atoms with E-state index in [2.05, 4.69) is 20.4 Å². The summed E-state index contributed by atoms with van der Waals surface area (Å²) in [5.74, 6) is 0. The van der Waals surface area contributed by atoms with Gasteiger partial charge in [-0.2, -0.15) is 5.10 Å². The van der Waals surface area contributed by atoms with Gasteiger partial charge in [-0.3, -0.25) is 4.68 Å². The molecule has 1 aromatic rings. The molecule has 2 rings (SSSR count). The van der Waals surface area contributed by atoms with E-state index in [1.807, 2.05) is 27.7 Å². The van der Waals surface area contributed by atoms with Crippen molar-refractivity contribution in [3.05, 3.63) is 12.4 Å². The molecule has 1 unspecified atom stereocenters. The quantitative estimate of drug-likeness (QED) is 0.391. The fraction of sp³-hybridized carbons (Fsp3) is 0.692. The molecule has 0 aliphatic carbocycles. The summed E-state index contributed by atoms with van der Waals surface area (Å²) in [5.41, 5.74) is 6.72. The third kappa shape index (κ3) is 3.99. The maximum Gasteiger partial charge on any atom is 0.498 e. The Hall–Kier alpha value is -2.23. The van der Waals surface area contributed by atoms with Gasteiger partial charge < -0.3 is 19.7 Å². The molecule has 0 bridgehead atoms. The highest BCUT2D eigenvalue weighted by Gasteiger charge is 2.52. The first-order valence-corrected chi connectivity index (χ1v) is 7.56. The molecule has 2 heterocycles. The fourth-order valence-corrected chi connectivity index (χ4v) is 2.22. The van der Waals surface area contributed by atoms with Gasteiger partial charge in [0, 0.05) is 17.9 Å². The molecule has 0 radical (unpaired) electrons. The minimum Gasteiger partial charge on any atom is -0.465 e.